The molecule has 1 heterocycles. The molecule has 5 heteroatoms. The van der Waals surface area contributed by atoms with Gasteiger partial charge in [0.15, 0.2) is 11.5 Å². The molecule has 0 fully saturated rings. The number of nitrogens with one attached hydrogen (secondary N) is 1. The monoisotopic (exact) mass is 286 g/mol. The highest BCUT2D eigenvalue weighted by Crippen LogP contribution is 2.23. The summed E-state index contributed by atoms with van der Waals surface area (Å²) < 4.78 is 18.7. The van der Waals surface area contributed by atoms with Crippen molar-refractivity contribution in [3.63, 3.8) is 0 Å². The van der Waals surface area contributed by atoms with E-state index in [9.17, 15) is 9.50 Å². The van der Waals surface area contributed by atoms with E-state index in [0.717, 1.165) is 23.2 Å². The van der Waals surface area contributed by atoms with Crippen LogP contribution in [0.15, 0.2) is 40.8 Å². The van der Waals surface area contributed by atoms with Gasteiger partial charge in [-0.05, 0) is 36.4 Å². The van der Waals surface area contributed by atoms with Gasteiger partial charge in [-0.15, -0.1) is 0 Å². The number of fused-ring (bicyclic) bond motifs is 1. The number of aromatic hydroxyl groups is 1. The van der Waals surface area contributed by atoms with Crippen LogP contribution in [0.2, 0.25) is 0 Å². The molecule has 1 aromatic heterocycles. The Balaban J connectivity index is 1.80. The minimum atomic E-state index is -0.371. The van der Waals surface area contributed by atoms with E-state index in [2.05, 4.69) is 10.3 Å². The zero-order chi connectivity index (χ0) is 14.8. The maximum atomic E-state index is 13.2. The molecular formula is C16H15FN2O2. The molecule has 0 aliphatic heterocycles. The summed E-state index contributed by atoms with van der Waals surface area (Å²) >= 11 is 0. The number of hydrogen-bond acceptors (Lipinski definition) is 4. The minimum absolute atomic E-state index is 0.0692. The second-order valence-electron chi connectivity index (χ2n) is 4.77. The van der Waals surface area contributed by atoms with Crippen molar-refractivity contribution in [2.24, 2.45) is 0 Å². The van der Waals surface area contributed by atoms with Crippen molar-refractivity contribution in [1.29, 1.82) is 0 Å². The van der Waals surface area contributed by atoms with Gasteiger partial charge in [0.05, 0.1) is 0 Å². The van der Waals surface area contributed by atoms with E-state index in [0.29, 0.717) is 18.0 Å². The highest BCUT2D eigenvalue weighted by atomic mass is 19.1. The average molecular weight is 286 g/mol. The third-order valence-corrected chi connectivity index (χ3v) is 3.26. The highest BCUT2D eigenvalue weighted by Gasteiger charge is 2.06. The predicted molar refractivity (Wildman–Crippen MR) is 78.8 cm³/mol. The molecule has 2 N–H and O–H groups in total. The first-order valence-electron chi connectivity index (χ1n) is 6.76. The predicted octanol–water partition coefficient (Wildman–Crippen LogP) is 3.85. The molecule has 21 heavy (non-hydrogen) atoms. The molecule has 4 nitrogen and oxygen atoms in total. The lowest BCUT2D eigenvalue weighted by atomic mass is 10.2. The van der Waals surface area contributed by atoms with Crippen molar-refractivity contribution in [2.45, 2.75) is 19.9 Å². The van der Waals surface area contributed by atoms with Gasteiger partial charge < -0.3 is 14.8 Å². The molecule has 0 radical (unpaired) electrons. The lowest BCUT2D eigenvalue weighted by molar-refractivity contribution is 0.466. The Hall–Kier alpha value is -2.56. The van der Waals surface area contributed by atoms with Gasteiger partial charge in [0.1, 0.15) is 17.1 Å². The third kappa shape index (κ3) is 2.81. The van der Waals surface area contributed by atoms with Crippen LogP contribution in [0.25, 0.3) is 11.1 Å². The van der Waals surface area contributed by atoms with Gasteiger partial charge in [0, 0.05) is 24.2 Å². The Morgan fingerprint density at radius 3 is 2.90 bits per heavy atom. The average Bonchev–Trinajstić information content (AvgIpc) is 2.90. The van der Waals surface area contributed by atoms with E-state index >= 15 is 0 Å². The third-order valence-electron chi connectivity index (χ3n) is 3.26. The van der Waals surface area contributed by atoms with Crippen molar-refractivity contribution in [3.05, 3.63) is 53.7 Å². The lowest BCUT2D eigenvalue weighted by Crippen LogP contribution is -2.00. The first kappa shape index (κ1) is 13.4. The van der Waals surface area contributed by atoms with Gasteiger partial charge in [0.2, 0.25) is 0 Å². The summed E-state index contributed by atoms with van der Waals surface area (Å²) in [5.41, 5.74) is 2.86. The Labute approximate surface area is 121 Å². The number of anilines is 1. The van der Waals surface area contributed by atoms with Crippen LogP contribution in [0, 0.1) is 5.82 Å². The molecule has 108 valence electrons. The van der Waals surface area contributed by atoms with Crippen LogP contribution in [-0.4, -0.2) is 10.1 Å². The van der Waals surface area contributed by atoms with Gasteiger partial charge in [-0.1, -0.05) is 6.92 Å². The summed E-state index contributed by atoms with van der Waals surface area (Å²) in [6, 6.07) is 9.46. The van der Waals surface area contributed by atoms with E-state index < -0.39 is 0 Å². The number of aromatic nitrogens is 1. The van der Waals surface area contributed by atoms with Crippen LogP contribution in [0.5, 0.6) is 5.75 Å². The van der Waals surface area contributed by atoms with Gasteiger partial charge in [-0.25, -0.2) is 9.37 Å². The summed E-state index contributed by atoms with van der Waals surface area (Å²) in [5, 5.41) is 12.8. The fourth-order valence-corrected chi connectivity index (χ4v) is 2.13. The van der Waals surface area contributed by atoms with Crippen molar-refractivity contribution in [2.75, 3.05) is 5.32 Å². The molecule has 3 rings (SSSR count). The van der Waals surface area contributed by atoms with Crippen molar-refractivity contribution in [3.8, 4) is 5.75 Å². The highest BCUT2D eigenvalue weighted by molar-refractivity contribution is 5.77. The maximum Gasteiger partial charge on any atom is 0.195 e. The molecule has 0 saturated carbocycles. The molecule has 0 aliphatic carbocycles. The summed E-state index contributed by atoms with van der Waals surface area (Å²) in [7, 11) is 0. The summed E-state index contributed by atoms with van der Waals surface area (Å²) in [5.74, 6) is 0.397. The second-order valence-corrected chi connectivity index (χ2v) is 4.77. The van der Waals surface area contributed by atoms with Crippen LogP contribution < -0.4 is 5.32 Å². The number of phenols is 1. The van der Waals surface area contributed by atoms with Crippen LogP contribution in [0.3, 0.4) is 0 Å². The quantitative estimate of drug-likeness (QED) is 0.765. The number of halogens is 1. The smallest absolute Gasteiger partial charge is 0.195 e. The van der Waals surface area contributed by atoms with E-state index in [1.54, 1.807) is 0 Å². The lowest BCUT2D eigenvalue weighted by Gasteiger charge is -2.08. The van der Waals surface area contributed by atoms with Gasteiger partial charge in [-0.2, -0.15) is 0 Å². The zero-order valence-electron chi connectivity index (χ0n) is 11.6. The molecular weight excluding hydrogens is 271 g/mol. The van der Waals surface area contributed by atoms with Crippen molar-refractivity contribution < 1.29 is 13.9 Å². The summed E-state index contributed by atoms with van der Waals surface area (Å²) in [6.07, 6.45) is 0.745. The number of hydrogen-bond donors (Lipinski definition) is 2. The normalized spacial score (nSPS) is 11.0. The van der Waals surface area contributed by atoms with E-state index in [1.807, 2.05) is 25.1 Å². The number of phenolic OH excluding ortho intramolecular Hbond substituents is 1. The zero-order valence-corrected chi connectivity index (χ0v) is 11.6. The minimum Gasteiger partial charge on any atom is -0.508 e. The summed E-state index contributed by atoms with van der Waals surface area (Å²) in [4.78, 5) is 4.36. The van der Waals surface area contributed by atoms with Crippen molar-refractivity contribution >= 4 is 16.8 Å². The molecule has 2 aromatic carbocycles. The molecule has 0 unspecified atom stereocenters. The van der Waals surface area contributed by atoms with E-state index in [-0.39, 0.29) is 11.6 Å². The first-order valence-corrected chi connectivity index (χ1v) is 6.76. The molecule has 0 spiro atoms. The molecule has 0 bridgehead atoms. The molecule has 0 amide bonds. The second kappa shape index (κ2) is 5.44. The largest absolute Gasteiger partial charge is 0.508 e. The Morgan fingerprint density at radius 1 is 1.24 bits per heavy atom. The van der Waals surface area contributed by atoms with Gasteiger partial charge in [-0.3, -0.25) is 0 Å². The van der Waals surface area contributed by atoms with E-state index in [4.69, 9.17) is 4.42 Å². The van der Waals surface area contributed by atoms with E-state index in [1.165, 1.54) is 18.2 Å². The Morgan fingerprint density at radius 2 is 2.10 bits per heavy atom. The standard InChI is InChI=1S/C16H15FN2O2/c1-2-16-19-13-8-12(4-6-15(13)21-16)18-9-10-7-11(17)3-5-14(10)20/h3-8,18,20H,2,9H2,1H3. The topological polar surface area (TPSA) is 58.3 Å². The Kier molecular flexibility index (Phi) is 3.48. The molecule has 0 saturated heterocycles. The molecule has 0 aliphatic rings. The molecule has 0 atom stereocenters. The number of aryl methyl sites for hydroxylation is 1. The Bertz CT molecular complexity index is 783. The fraction of sp³-hybridized carbons (Fsp3) is 0.188. The van der Waals surface area contributed by atoms with Crippen LogP contribution in [0.1, 0.15) is 18.4 Å². The van der Waals surface area contributed by atoms with Crippen LogP contribution in [0.4, 0.5) is 10.1 Å². The summed E-state index contributed by atoms with van der Waals surface area (Å²) in [6.45, 7) is 2.31. The van der Waals surface area contributed by atoms with Gasteiger partial charge >= 0.3 is 0 Å². The SMILES string of the molecule is CCc1nc2cc(NCc3cc(F)ccc3O)ccc2o1. The fourth-order valence-electron chi connectivity index (χ4n) is 2.13. The number of nitrogens with zero attached hydrogens (tertiary/aromatic N) is 1. The number of oxazole rings is 1. The number of rotatable bonds is 4. The van der Waals surface area contributed by atoms with Crippen LogP contribution >= 0.6 is 0 Å². The first-order chi connectivity index (χ1) is 10.2. The maximum absolute atomic E-state index is 13.2. The van der Waals surface area contributed by atoms with Crippen molar-refractivity contribution in [1.82, 2.24) is 4.98 Å². The molecule has 3 aromatic rings. The van der Waals surface area contributed by atoms with Crippen LogP contribution in [-0.2, 0) is 13.0 Å². The number of benzene rings is 2. The van der Waals surface area contributed by atoms with Gasteiger partial charge in [0.25, 0.3) is 0 Å².